The summed E-state index contributed by atoms with van der Waals surface area (Å²) in [7, 11) is 5.31. The van der Waals surface area contributed by atoms with E-state index in [1.54, 1.807) is 42.1 Å². The summed E-state index contributed by atoms with van der Waals surface area (Å²) < 4.78 is 0. The van der Waals surface area contributed by atoms with Crippen molar-refractivity contribution in [1.29, 1.82) is 0 Å². The summed E-state index contributed by atoms with van der Waals surface area (Å²) in [5, 5.41) is 12.1. The number of likely N-dealkylation sites (N-methyl/N-ethyl adjacent to an activating group) is 3. The molecule has 0 radical (unpaired) electrons. The van der Waals surface area contributed by atoms with Crippen molar-refractivity contribution < 1.29 is 14.7 Å². The molecule has 0 aromatic heterocycles. The number of carboxylic acids is 1. The first kappa shape index (κ1) is 17.0. The van der Waals surface area contributed by atoms with Crippen molar-refractivity contribution in [2.45, 2.75) is 6.42 Å². The largest absolute Gasteiger partial charge is 0.478 e. The third kappa shape index (κ3) is 5.07. The highest BCUT2D eigenvalue weighted by Gasteiger charge is 2.15. The van der Waals surface area contributed by atoms with Gasteiger partial charge in [0.2, 0.25) is 0 Å². The van der Waals surface area contributed by atoms with Gasteiger partial charge in [0.15, 0.2) is 0 Å². The standard InChI is InChI=1S/C15H23N3O3/c1-16-9-11-18(3)15(21)17(2)10-8-12-6-4-5-7-13(12)14(19)20/h4-7,16H,8-11H2,1-3H3,(H,19,20). The second-order valence-electron chi connectivity index (χ2n) is 4.94. The van der Waals surface area contributed by atoms with Gasteiger partial charge < -0.3 is 20.2 Å². The number of benzene rings is 1. The van der Waals surface area contributed by atoms with Gasteiger partial charge in [-0.1, -0.05) is 18.2 Å². The second kappa shape index (κ2) is 8.26. The van der Waals surface area contributed by atoms with Gasteiger partial charge in [-0.25, -0.2) is 9.59 Å². The molecule has 116 valence electrons. The first-order valence-corrected chi connectivity index (χ1v) is 6.89. The van der Waals surface area contributed by atoms with Crippen LogP contribution in [0, 0.1) is 0 Å². The van der Waals surface area contributed by atoms with Crippen LogP contribution in [-0.4, -0.2) is 67.7 Å². The zero-order valence-electron chi connectivity index (χ0n) is 12.8. The van der Waals surface area contributed by atoms with Crippen LogP contribution in [0.3, 0.4) is 0 Å². The van der Waals surface area contributed by atoms with Crippen LogP contribution in [0.2, 0.25) is 0 Å². The zero-order chi connectivity index (χ0) is 15.8. The van der Waals surface area contributed by atoms with Crippen LogP contribution in [0.25, 0.3) is 0 Å². The van der Waals surface area contributed by atoms with Gasteiger partial charge in [-0.05, 0) is 25.1 Å². The Morgan fingerprint density at radius 2 is 1.76 bits per heavy atom. The lowest BCUT2D eigenvalue weighted by Gasteiger charge is -2.25. The van der Waals surface area contributed by atoms with Crippen molar-refractivity contribution in [3.8, 4) is 0 Å². The van der Waals surface area contributed by atoms with E-state index in [9.17, 15) is 9.59 Å². The molecule has 1 aromatic carbocycles. The molecule has 1 rings (SSSR count). The molecule has 2 N–H and O–H groups in total. The molecule has 0 aliphatic carbocycles. The third-order valence-electron chi connectivity index (χ3n) is 3.31. The molecule has 0 fully saturated rings. The van der Waals surface area contributed by atoms with Crippen LogP contribution < -0.4 is 5.32 Å². The maximum absolute atomic E-state index is 12.1. The molecule has 0 saturated heterocycles. The number of nitrogens with zero attached hydrogens (tertiary/aromatic N) is 2. The summed E-state index contributed by atoms with van der Waals surface area (Å²) >= 11 is 0. The minimum atomic E-state index is -0.939. The Kier molecular flexibility index (Phi) is 6.68. The lowest BCUT2D eigenvalue weighted by atomic mass is 10.0. The number of rotatable bonds is 7. The molecule has 1 aromatic rings. The molecule has 0 bridgehead atoms. The topological polar surface area (TPSA) is 72.9 Å². The fourth-order valence-corrected chi connectivity index (χ4v) is 2.00. The van der Waals surface area contributed by atoms with E-state index in [2.05, 4.69) is 5.32 Å². The molecule has 0 aliphatic rings. The van der Waals surface area contributed by atoms with Crippen molar-refractivity contribution in [3.05, 3.63) is 35.4 Å². The molecule has 6 nitrogen and oxygen atoms in total. The predicted molar refractivity (Wildman–Crippen MR) is 81.7 cm³/mol. The van der Waals surface area contributed by atoms with Crippen LogP contribution >= 0.6 is 0 Å². The Morgan fingerprint density at radius 3 is 2.38 bits per heavy atom. The molecule has 2 amide bonds. The van der Waals surface area contributed by atoms with E-state index in [0.717, 1.165) is 12.1 Å². The quantitative estimate of drug-likeness (QED) is 0.790. The molecular weight excluding hydrogens is 270 g/mol. The number of amides is 2. The van der Waals surface area contributed by atoms with Crippen molar-refractivity contribution in [3.63, 3.8) is 0 Å². The van der Waals surface area contributed by atoms with E-state index >= 15 is 0 Å². The number of nitrogens with one attached hydrogen (secondary N) is 1. The van der Waals surface area contributed by atoms with Gasteiger partial charge in [0.05, 0.1) is 5.56 Å². The number of urea groups is 1. The predicted octanol–water partition coefficient (Wildman–Crippen LogP) is 1.13. The highest BCUT2D eigenvalue weighted by molar-refractivity contribution is 5.89. The van der Waals surface area contributed by atoms with Gasteiger partial charge in [0.1, 0.15) is 0 Å². The van der Waals surface area contributed by atoms with E-state index in [1.165, 1.54) is 0 Å². The minimum Gasteiger partial charge on any atom is -0.478 e. The molecule has 21 heavy (non-hydrogen) atoms. The number of hydrogen-bond donors (Lipinski definition) is 2. The van der Waals surface area contributed by atoms with Gasteiger partial charge in [-0.2, -0.15) is 0 Å². The second-order valence-corrected chi connectivity index (χ2v) is 4.94. The average molecular weight is 293 g/mol. The van der Waals surface area contributed by atoms with Crippen molar-refractivity contribution >= 4 is 12.0 Å². The first-order chi connectivity index (χ1) is 9.97. The maximum Gasteiger partial charge on any atom is 0.335 e. The highest BCUT2D eigenvalue weighted by Crippen LogP contribution is 2.10. The number of carboxylic acid groups (broad SMARTS) is 1. The van der Waals surface area contributed by atoms with E-state index in [-0.39, 0.29) is 6.03 Å². The van der Waals surface area contributed by atoms with Crippen LogP contribution in [0.4, 0.5) is 4.79 Å². The Bertz CT molecular complexity index is 491. The Hall–Kier alpha value is -2.08. The number of hydrogen-bond acceptors (Lipinski definition) is 3. The lowest BCUT2D eigenvalue weighted by molar-refractivity contribution is 0.0695. The Balaban J connectivity index is 2.58. The molecule has 0 aliphatic heterocycles. The summed E-state index contributed by atoms with van der Waals surface area (Å²) in [6.45, 7) is 1.84. The summed E-state index contributed by atoms with van der Waals surface area (Å²) in [5.74, 6) is -0.939. The van der Waals surface area contributed by atoms with E-state index in [4.69, 9.17) is 5.11 Å². The molecule has 0 saturated carbocycles. The molecule has 0 heterocycles. The summed E-state index contributed by atoms with van der Waals surface area (Å²) in [6, 6.07) is 6.80. The van der Waals surface area contributed by atoms with E-state index in [0.29, 0.717) is 25.1 Å². The number of aromatic carboxylic acids is 1. The number of carbonyl (C=O) groups excluding carboxylic acids is 1. The van der Waals surface area contributed by atoms with Gasteiger partial charge in [0.25, 0.3) is 0 Å². The smallest absolute Gasteiger partial charge is 0.335 e. The van der Waals surface area contributed by atoms with Crippen molar-refractivity contribution in [1.82, 2.24) is 15.1 Å². The van der Waals surface area contributed by atoms with Crippen LogP contribution in [0.1, 0.15) is 15.9 Å². The SMILES string of the molecule is CNCCN(C)C(=O)N(C)CCc1ccccc1C(=O)O. The van der Waals surface area contributed by atoms with Crippen LogP contribution in [0.5, 0.6) is 0 Å². The van der Waals surface area contributed by atoms with Gasteiger partial charge >= 0.3 is 12.0 Å². The third-order valence-corrected chi connectivity index (χ3v) is 3.31. The summed E-state index contributed by atoms with van der Waals surface area (Å²) in [4.78, 5) is 26.5. The van der Waals surface area contributed by atoms with Gasteiger partial charge in [-0.15, -0.1) is 0 Å². The molecular formula is C15H23N3O3. The fraction of sp³-hybridized carbons (Fsp3) is 0.467. The fourth-order valence-electron chi connectivity index (χ4n) is 2.00. The van der Waals surface area contributed by atoms with Crippen LogP contribution in [0.15, 0.2) is 24.3 Å². The van der Waals surface area contributed by atoms with Crippen molar-refractivity contribution in [2.75, 3.05) is 40.8 Å². The number of carbonyl (C=O) groups is 2. The first-order valence-electron chi connectivity index (χ1n) is 6.89. The Labute approximate surface area is 125 Å². The van der Waals surface area contributed by atoms with Gasteiger partial charge in [-0.3, -0.25) is 0 Å². The summed E-state index contributed by atoms with van der Waals surface area (Å²) in [5.41, 5.74) is 1.03. The Morgan fingerprint density at radius 1 is 1.14 bits per heavy atom. The maximum atomic E-state index is 12.1. The minimum absolute atomic E-state index is 0.0712. The lowest BCUT2D eigenvalue weighted by Crippen LogP contribution is -2.42. The normalized spacial score (nSPS) is 10.2. The zero-order valence-corrected chi connectivity index (χ0v) is 12.8. The molecule has 0 unspecified atom stereocenters. The van der Waals surface area contributed by atoms with Gasteiger partial charge in [0, 0.05) is 33.7 Å². The molecule has 6 heteroatoms. The molecule has 0 atom stereocenters. The average Bonchev–Trinajstić information content (AvgIpc) is 2.49. The highest BCUT2D eigenvalue weighted by atomic mass is 16.4. The van der Waals surface area contributed by atoms with E-state index in [1.807, 2.05) is 13.1 Å². The summed E-state index contributed by atoms with van der Waals surface area (Å²) in [6.07, 6.45) is 0.518. The van der Waals surface area contributed by atoms with E-state index < -0.39 is 5.97 Å². The van der Waals surface area contributed by atoms with Crippen LogP contribution in [-0.2, 0) is 6.42 Å². The molecule has 0 spiro atoms. The van der Waals surface area contributed by atoms with Crippen molar-refractivity contribution in [2.24, 2.45) is 0 Å². The monoisotopic (exact) mass is 293 g/mol.